The Morgan fingerprint density at radius 1 is 0.530 bits per heavy atom. The van der Waals surface area contributed by atoms with Crippen LogP contribution in [0.15, 0.2) is 204 Å². The second-order valence-corrected chi connectivity index (χ2v) is 19.4. The van der Waals surface area contributed by atoms with Crippen molar-refractivity contribution in [3.8, 4) is 5.69 Å². The van der Waals surface area contributed by atoms with Crippen molar-refractivity contribution < 1.29 is 4.42 Å². The van der Waals surface area contributed by atoms with Gasteiger partial charge in [-0.1, -0.05) is 153 Å². The fraction of sp³-hybridized carbons (Fsp3) is 0.0984. The van der Waals surface area contributed by atoms with E-state index in [4.69, 9.17) is 9.41 Å². The third-order valence-electron chi connectivity index (χ3n) is 14.4. The number of furan rings is 1. The lowest BCUT2D eigenvalue weighted by Gasteiger charge is -2.32. The summed E-state index contributed by atoms with van der Waals surface area (Å²) in [5.41, 5.74) is 9.79. The van der Waals surface area contributed by atoms with Crippen LogP contribution in [0.2, 0.25) is 0 Å². The van der Waals surface area contributed by atoms with Crippen LogP contribution in [0.3, 0.4) is 0 Å². The molecule has 0 bridgehead atoms. The van der Waals surface area contributed by atoms with E-state index in [0.717, 1.165) is 57.3 Å². The maximum atomic E-state index is 6.99. The van der Waals surface area contributed by atoms with Gasteiger partial charge in [0, 0.05) is 58.9 Å². The number of hydrogen-bond acceptors (Lipinski definition) is 4. The van der Waals surface area contributed by atoms with Gasteiger partial charge in [-0.05, 0) is 111 Å². The molecule has 2 unspecified atom stereocenters. The zero-order valence-electron chi connectivity index (χ0n) is 36.3. The Morgan fingerprint density at radius 2 is 1.20 bits per heavy atom. The summed E-state index contributed by atoms with van der Waals surface area (Å²) >= 11 is 1.86. The molecule has 1 N–H and O–H groups in total. The van der Waals surface area contributed by atoms with Gasteiger partial charge in [0.1, 0.15) is 11.7 Å². The molecule has 1 aliphatic heterocycles. The summed E-state index contributed by atoms with van der Waals surface area (Å²) in [6.45, 7) is 2.41. The van der Waals surface area contributed by atoms with Gasteiger partial charge in [-0.25, -0.2) is 0 Å². The van der Waals surface area contributed by atoms with Gasteiger partial charge >= 0.3 is 0 Å². The van der Waals surface area contributed by atoms with E-state index in [2.05, 4.69) is 211 Å². The lowest BCUT2D eigenvalue weighted by Crippen LogP contribution is -2.33. The maximum Gasteiger partial charge on any atom is 0.159 e. The highest BCUT2D eigenvalue weighted by Crippen LogP contribution is 2.44. The zero-order chi connectivity index (χ0) is 43.5. The molecule has 14 rings (SSSR count). The largest absolute Gasteiger partial charge is 0.454 e. The van der Waals surface area contributed by atoms with Crippen LogP contribution in [0.25, 0.3) is 102 Å². The lowest BCUT2D eigenvalue weighted by atomic mass is 9.86. The molecular formula is C61H43N3OS. The van der Waals surface area contributed by atoms with Crippen LogP contribution < -0.4 is 5.32 Å². The number of aliphatic imine (C=N–C) groups is 1. The standard InChI is InChI=1S/C61H43N3OS/c1-36-22-29-52(62-61(63-58(36)42-24-23-37-12-2-3-14-39(37)30-42)43-26-27-48-47-19-9-11-21-56(47)66-57(48)35-43)44-32-51-46-18-8-10-20-55(46)65-60(51)54(34-44)64-53-33-41-16-5-4-15-40(41)31-50(53)49-28-25-38-13-6-7-17-45(38)59(49)64/h2-21,23-28,30-36,58,61,63H,22,29H2,1H3/b62-52+/t36-,58?,61?/m1/s1. The van der Waals surface area contributed by atoms with Crippen LogP contribution in [-0.2, 0) is 0 Å². The molecule has 3 aromatic heterocycles. The maximum absolute atomic E-state index is 6.99. The predicted octanol–water partition coefficient (Wildman–Crippen LogP) is 16.8. The molecular weight excluding hydrogens is 823 g/mol. The second kappa shape index (κ2) is 14.7. The Balaban J connectivity index is 1.03. The first kappa shape index (κ1) is 37.8. The van der Waals surface area contributed by atoms with Crippen molar-refractivity contribution in [3.05, 3.63) is 211 Å². The molecule has 4 nitrogen and oxygen atoms in total. The topological polar surface area (TPSA) is 42.5 Å². The van der Waals surface area contributed by atoms with Crippen molar-refractivity contribution in [2.24, 2.45) is 10.9 Å². The summed E-state index contributed by atoms with van der Waals surface area (Å²) in [4.78, 5) is 5.89. The third-order valence-corrected chi connectivity index (χ3v) is 15.6. The van der Waals surface area contributed by atoms with Crippen LogP contribution >= 0.6 is 11.3 Å². The van der Waals surface area contributed by atoms with Gasteiger partial charge in [-0.15, -0.1) is 11.3 Å². The quantitative estimate of drug-likeness (QED) is 0.191. The summed E-state index contributed by atoms with van der Waals surface area (Å²) in [5.74, 6) is 0.321. The molecule has 314 valence electrons. The van der Waals surface area contributed by atoms with Gasteiger partial charge in [0.2, 0.25) is 0 Å². The van der Waals surface area contributed by atoms with Crippen LogP contribution in [0.1, 0.15) is 48.7 Å². The van der Waals surface area contributed by atoms with E-state index in [1.165, 1.54) is 79.9 Å². The van der Waals surface area contributed by atoms with E-state index in [0.29, 0.717) is 5.92 Å². The lowest BCUT2D eigenvalue weighted by molar-refractivity contribution is 0.328. The number of nitrogens with zero attached hydrogens (tertiary/aromatic N) is 2. The second-order valence-electron chi connectivity index (χ2n) is 18.3. The minimum Gasteiger partial charge on any atom is -0.454 e. The van der Waals surface area contributed by atoms with Gasteiger partial charge in [-0.2, -0.15) is 0 Å². The Morgan fingerprint density at radius 3 is 2.06 bits per heavy atom. The number of para-hydroxylation sites is 1. The zero-order valence-corrected chi connectivity index (χ0v) is 37.1. The molecule has 0 aliphatic carbocycles. The smallest absolute Gasteiger partial charge is 0.159 e. The van der Waals surface area contributed by atoms with Crippen molar-refractivity contribution in [1.82, 2.24) is 9.88 Å². The van der Waals surface area contributed by atoms with Crippen molar-refractivity contribution in [3.63, 3.8) is 0 Å². The molecule has 1 aliphatic rings. The Labute approximate surface area is 385 Å². The molecule has 0 saturated carbocycles. The summed E-state index contributed by atoms with van der Waals surface area (Å²) < 4.78 is 12.1. The average Bonchev–Trinajstić information content (AvgIpc) is 4.03. The molecule has 10 aromatic carbocycles. The first-order valence-corrected chi connectivity index (χ1v) is 23.9. The van der Waals surface area contributed by atoms with Crippen molar-refractivity contribution in [2.45, 2.75) is 32.0 Å². The highest BCUT2D eigenvalue weighted by atomic mass is 32.1. The molecule has 0 spiro atoms. The highest BCUT2D eigenvalue weighted by molar-refractivity contribution is 7.25. The van der Waals surface area contributed by atoms with Crippen molar-refractivity contribution >= 4 is 113 Å². The van der Waals surface area contributed by atoms with Crippen molar-refractivity contribution in [1.29, 1.82) is 0 Å². The third kappa shape index (κ3) is 5.90. The van der Waals surface area contributed by atoms with Gasteiger partial charge in [0.05, 0.1) is 16.7 Å². The first-order valence-electron chi connectivity index (χ1n) is 23.1. The summed E-state index contributed by atoms with van der Waals surface area (Å²) in [6, 6.07) is 71.5. The first-order chi connectivity index (χ1) is 32.6. The number of thiophene rings is 1. The van der Waals surface area contributed by atoms with E-state index in [9.17, 15) is 0 Å². The average molecular weight is 866 g/mol. The number of hydrogen-bond donors (Lipinski definition) is 1. The van der Waals surface area contributed by atoms with Gasteiger partial charge in [0.25, 0.3) is 0 Å². The van der Waals surface area contributed by atoms with Gasteiger partial charge in [-0.3, -0.25) is 10.3 Å². The normalized spacial score (nSPS) is 18.0. The Kier molecular flexibility index (Phi) is 8.43. The van der Waals surface area contributed by atoms with E-state index >= 15 is 0 Å². The van der Waals surface area contributed by atoms with Crippen LogP contribution in [0, 0.1) is 5.92 Å². The Hall–Kier alpha value is -7.57. The molecule has 0 amide bonds. The number of fused-ring (bicyclic) bond motifs is 13. The minimum atomic E-state index is -0.294. The van der Waals surface area contributed by atoms with E-state index in [-0.39, 0.29) is 12.2 Å². The van der Waals surface area contributed by atoms with E-state index in [1.54, 1.807) is 0 Å². The SMILES string of the molecule is C[C@@H]1CC/C(c2cc(-n3c4cc5ccccc5cc4c4ccc5ccccc5c43)c3oc4ccccc4c3c2)=N\C(c2ccc3c(c2)sc2ccccc23)NC1c1ccc2ccccc2c1. The number of benzene rings is 10. The summed E-state index contributed by atoms with van der Waals surface area (Å²) in [5, 5.41) is 18.8. The molecule has 0 saturated heterocycles. The monoisotopic (exact) mass is 865 g/mol. The molecule has 66 heavy (non-hydrogen) atoms. The summed E-state index contributed by atoms with van der Waals surface area (Å²) in [6.07, 6.45) is 1.50. The highest BCUT2D eigenvalue weighted by Gasteiger charge is 2.29. The summed E-state index contributed by atoms with van der Waals surface area (Å²) in [7, 11) is 0. The molecule has 4 heterocycles. The molecule has 13 aromatic rings. The number of nitrogens with one attached hydrogen (secondary N) is 1. The number of rotatable bonds is 4. The Bertz CT molecular complexity index is 4150. The molecule has 3 atom stereocenters. The van der Waals surface area contributed by atoms with Crippen molar-refractivity contribution in [2.75, 3.05) is 0 Å². The minimum absolute atomic E-state index is 0.0968. The molecule has 0 fully saturated rings. The van der Waals surface area contributed by atoms with Gasteiger partial charge < -0.3 is 8.98 Å². The van der Waals surface area contributed by atoms with Crippen LogP contribution in [0.5, 0.6) is 0 Å². The van der Waals surface area contributed by atoms with Crippen LogP contribution in [0.4, 0.5) is 0 Å². The fourth-order valence-corrected chi connectivity index (χ4v) is 12.3. The van der Waals surface area contributed by atoms with E-state index in [1.807, 2.05) is 11.3 Å². The molecule has 5 heteroatoms. The van der Waals surface area contributed by atoms with Gasteiger partial charge in [0.15, 0.2) is 5.58 Å². The predicted molar refractivity (Wildman–Crippen MR) is 280 cm³/mol. The van der Waals surface area contributed by atoms with Crippen LogP contribution in [-0.4, -0.2) is 10.3 Å². The number of aromatic nitrogens is 1. The molecule has 0 radical (unpaired) electrons. The van der Waals surface area contributed by atoms with E-state index < -0.39 is 0 Å². The fourth-order valence-electron chi connectivity index (χ4n) is 11.1.